The standard InChI is InChI=1S/C10H11BrFNO2/c1-15-6-5-13-10(14)7-3-2-4-8(11)9(7)12/h2-4H,5-6H2,1H3,(H,13,14). The highest BCUT2D eigenvalue weighted by Gasteiger charge is 2.12. The van der Waals surface area contributed by atoms with Crippen LogP contribution in [-0.2, 0) is 4.74 Å². The highest BCUT2D eigenvalue weighted by atomic mass is 79.9. The van der Waals surface area contributed by atoms with Gasteiger partial charge in [-0.15, -0.1) is 0 Å². The molecule has 0 fully saturated rings. The highest BCUT2D eigenvalue weighted by molar-refractivity contribution is 9.10. The molecule has 0 atom stereocenters. The van der Waals surface area contributed by atoms with Gasteiger partial charge in [0.1, 0.15) is 5.82 Å². The van der Waals surface area contributed by atoms with Gasteiger partial charge >= 0.3 is 0 Å². The molecule has 1 amide bonds. The smallest absolute Gasteiger partial charge is 0.254 e. The van der Waals surface area contributed by atoms with Gasteiger partial charge in [0.2, 0.25) is 0 Å². The Morgan fingerprint density at radius 3 is 3.00 bits per heavy atom. The number of halogens is 2. The van der Waals surface area contributed by atoms with Crippen molar-refractivity contribution in [2.45, 2.75) is 0 Å². The van der Waals surface area contributed by atoms with E-state index in [1.165, 1.54) is 13.2 Å². The Morgan fingerprint density at radius 1 is 1.60 bits per heavy atom. The molecule has 82 valence electrons. The first-order valence-corrected chi connectivity index (χ1v) is 5.17. The number of methoxy groups -OCH3 is 1. The van der Waals surface area contributed by atoms with E-state index in [1.807, 2.05) is 0 Å². The number of hydrogen-bond acceptors (Lipinski definition) is 2. The molecule has 3 nitrogen and oxygen atoms in total. The van der Waals surface area contributed by atoms with E-state index in [0.29, 0.717) is 13.2 Å². The lowest BCUT2D eigenvalue weighted by molar-refractivity contribution is 0.0933. The van der Waals surface area contributed by atoms with Crippen LogP contribution in [0.5, 0.6) is 0 Å². The number of amides is 1. The molecule has 0 aliphatic rings. The predicted octanol–water partition coefficient (Wildman–Crippen LogP) is 1.96. The van der Waals surface area contributed by atoms with Crippen molar-refractivity contribution in [2.75, 3.05) is 20.3 Å². The van der Waals surface area contributed by atoms with E-state index in [-0.39, 0.29) is 10.0 Å². The first-order valence-electron chi connectivity index (χ1n) is 4.38. The van der Waals surface area contributed by atoms with E-state index < -0.39 is 11.7 Å². The normalized spacial score (nSPS) is 10.1. The van der Waals surface area contributed by atoms with E-state index in [2.05, 4.69) is 21.2 Å². The van der Waals surface area contributed by atoms with E-state index in [1.54, 1.807) is 12.1 Å². The summed E-state index contributed by atoms with van der Waals surface area (Å²) in [6.45, 7) is 0.767. The molecule has 0 radical (unpaired) electrons. The molecule has 0 bridgehead atoms. The Labute approximate surface area is 95.7 Å². The van der Waals surface area contributed by atoms with Crippen molar-refractivity contribution >= 4 is 21.8 Å². The summed E-state index contributed by atoms with van der Waals surface area (Å²) in [6.07, 6.45) is 0. The summed E-state index contributed by atoms with van der Waals surface area (Å²) in [4.78, 5) is 11.5. The number of nitrogens with one attached hydrogen (secondary N) is 1. The fourth-order valence-corrected chi connectivity index (χ4v) is 1.41. The molecule has 0 saturated carbocycles. The lowest BCUT2D eigenvalue weighted by atomic mass is 10.2. The van der Waals surface area contributed by atoms with Crippen LogP contribution in [0.3, 0.4) is 0 Å². The zero-order valence-electron chi connectivity index (χ0n) is 8.22. The topological polar surface area (TPSA) is 38.3 Å². The van der Waals surface area contributed by atoms with Crippen LogP contribution < -0.4 is 5.32 Å². The van der Waals surface area contributed by atoms with Crippen molar-refractivity contribution in [3.8, 4) is 0 Å². The van der Waals surface area contributed by atoms with E-state index in [9.17, 15) is 9.18 Å². The molecule has 1 aromatic carbocycles. The predicted molar refractivity (Wildman–Crippen MR) is 58.3 cm³/mol. The molecule has 1 aromatic rings. The van der Waals surface area contributed by atoms with Crippen LogP contribution in [0.2, 0.25) is 0 Å². The van der Waals surface area contributed by atoms with Gasteiger partial charge in [0.15, 0.2) is 0 Å². The van der Waals surface area contributed by atoms with Gasteiger partial charge in [0, 0.05) is 13.7 Å². The van der Waals surface area contributed by atoms with Crippen LogP contribution in [0.4, 0.5) is 4.39 Å². The van der Waals surface area contributed by atoms with Crippen molar-refractivity contribution in [3.05, 3.63) is 34.1 Å². The first kappa shape index (κ1) is 12.1. The van der Waals surface area contributed by atoms with Gasteiger partial charge in [-0.25, -0.2) is 4.39 Å². The van der Waals surface area contributed by atoms with Crippen molar-refractivity contribution in [1.82, 2.24) is 5.32 Å². The van der Waals surface area contributed by atoms with Gasteiger partial charge in [-0.05, 0) is 28.1 Å². The zero-order chi connectivity index (χ0) is 11.3. The van der Waals surface area contributed by atoms with Crippen LogP contribution in [0.15, 0.2) is 22.7 Å². The molecule has 0 unspecified atom stereocenters. The largest absolute Gasteiger partial charge is 0.383 e. The molecule has 1 rings (SSSR count). The molecule has 0 aliphatic heterocycles. The summed E-state index contributed by atoms with van der Waals surface area (Å²) in [5.41, 5.74) is 0.0282. The summed E-state index contributed by atoms with van der Waals surface area (Å²) in [5.74, 6) is -0.988. The maximum absolute atomic E-state index is 13.4. The second kappa shape index (κ2) is 5.82. The first-order chi connectivity index (χ1) is 7.16. The summed E-state index contributed by atoms with van der Waals surface area (Å²) >= 11 is 3.02. The van der Waals surface area contributed by atoms with Crippen molar-refractivity contribution < 1.29 is 13.9 Å². The molecule has 0 heterocycles. The summed E-state index contributed by atoms with van der Waals surface area (Å²) in [7, 11) is 1.53. The second-order valence-corrected chi connectivity index (χ2v) is 3.70. The van der Waals surface area contributed by atoms with Crippen LogP contribution in [0.25, 0.3) is 0 Å². The number of rotatable bonds is 4. The van der Waals surface area contributed by atoms with Gasteiger partial charge in [-0.3, -0.25) is 4.79 Å². The minimum absolute atomic E-state index is 0.0282. The molecule has 0 saturated heterocycles. The molecule has 5 heteroatoms. The van der Waals surface area contributed by atoms with E-state index in [0.717, 1.165) is 0 Å². The number of carbonyl (C=O) groups excluding carboxylic acids is 1. The Kier molecular flexibility index (Phi) is 4.71. The van der Waals surface area contributed by atoms with Gasteiger partial charge in [-0.1, -0.05) is 6.07 Å². The minimum atomic E-state index is -0.549. The Morgan fingerprint density at radius 2 is 2.33 bits per heavy atom. The van der Waals surface area contributed by atoms with Crippen LogP contribution >= 0.6 is 15.9 Å². The summed E-state index contributed by atoms with van der Waals surface area (Å²) in [6, 6.07) is 4.59. The SMILES string of the molecule is COCCNC(=O)c1cccc(Br)c1F. The molecule has 1 N–H and O–H groups in total. The average Bonchev–Trinajstić information content (AvgIpc) is 2.22. The van der Waals surface area contributed by atoms with Crippen molar-refractivity contribution in [2.24, 2.45) is 0 Å². The van der Waals surface area contributed by atoms with Crippen LogP contribution in [0.1, 0.15) is 10.4 Å². The van der Waals surface area contributed by atoms with Crippen molar-refractivity contribution in [3.63, 3.8) is 0 Å². The Balaban J connectivity index is 2.69. The van der Waals surface area contributed by atoms with E-state index >= 15 is 0 Å². The number of carbonyl (C=O) groups is 1. The van der Waals surface area contributed by atoms with Crippen molar-refractivity contribution in [1.29, 1.82) is 0 Å². The van der Waals surface area contributed by atoms with Gasteiger partial charge < -0.3 is 10.1 Å². The molecular formula is C10H11BrFNO2. The molecule has 0 spiro atoms. The third-order valence-electron chi connectivity index (χ3n) is 1.79. The lowest BCUT2D eigenvalue weighted by Gasteiger charge is -2.05. The number of benzene rings is 1. The minimum Gasteiger partial charge on any atom is -0.383 e. The van der Waals surface area contributed by atoms with Gasteiger partial charge in [-0.2, -0.15) is 0 Å². The molecular weight excluding hydrogens is 265 g/mol. The molecule has 0 aromatic heterocycles. The lowest BCUT2D eigenvalue weighted by Crippen LogP contribution is -2.27. The maximum atomic E-state index is 13.4. The van der Waals surface area contributed by atoms with Gasteiger partial charge in [0.25, 0.3) is 5.91 Å². The number of hydrogen-bond donors (Lipinski definition) is 1. The fourth-order valence-electron chi connectivity index (χ4n) is 1.04. The third kappa shape index (κ3) is 3.28. The van der Waals surface area contributed by atoms with Crippen LogP contribution in [-0.4, -0.2) is 26.2 Å². The summed E-state index contributed by atoms with van der Waals surface area (Å²) < 4.78 is 18.5. The number of ether oxygens (including phenoxy) is 1. The Bertz CT molecular complexity index is 357. The maximum Gasteiger partial charge on any atom is 0.254 e. The Hall–Kier alpha value is -0.940. The average molecular weight is 276 g/mol. The third-order valence-corrected chi connectivity index (χ3v) is 2.40. The fraction of sp³-hybridized carbons (Fsp3) is 0.300. The zero-order valence-corrected chi connectivity index (χ0v) is 9.80. The quantitative estimate of drug-likeness (QED) is 0.854. The monoisotopic (exact) mass is 275 g/mol. The van der Waals surface area contributed by atoms with Crippen LogP contribution in [0, 0.1) is 5.82 Å². The second-order valence-electron chi connectivity index (χ2n) is 2.85. The molecule has 0 aliphatic carbocycles. The summed E-state index contributed by atoms with van der Waals surface area (Å²) in [5, 5.41) is 2.54. The van der Waals surface area contributed by atoms with E-state index in [4.69, 9.17) is 4.74 Å². The highest BCUT2D eigenvalue weighted by Crippen LogP contribution is 2.18. The molecule has 15 heavy (non-hydrogen) atoms. The van der Waals surface area contributed by atoms with Gasteiger partial charge in [0.05, 0.1) is 16.6 Å².